The Labute approximate surface area is 179 Å². The Hall–Kier alpha value is -2.87. The summed E-state index contributed by atoms with van der Waals surface area (Å²) in [5, 5.41) is 7.58. The first-order valence-electron chi connectivity index (χ1n) is 10.2. The number of nitrogens with one attached hydrogen (secondary N) is 2. The van der Waals surface area contributed by atoms with Crippen LogP contribution in [0.2, 0.25) is 0 Å². The molecule has 4 rings (SSSR count). The highest BCUT2D eigenvalue weighted by Crippen LogP contribution is 2.38. The molecule has 1 aromatic heterocycles. The van der Waals surface area contributed by atoms with Crippen molar-refractivity contribution >= 4 is 33.9 Å². The molecule has 1 aliphatic carbocycles. The third kappa shape index (κ3) is 4.33. The lowest BCUT2D eigenvalue weighted by molar-refractivity contribution is 0.0955. The molecule has 0 fully saturated rings. The van der Waals surface area contributed by atoms with Crippen molar-refractivity contribution in [2.45, 2.75) is 46.0 Å². The number of rotatable bonds is 4. The Morgan fingerprint density at radius 1 is 1.00 bits per heavy atom. The van der Waals surface area contributed by atoms with Crippen LogP contribution >= 0.6 is 11.3 Å². The van der Waals surface area contributed by atoms with Crippen LogP contribution in [-0.4, -0.2) is 30.7 Å². The van der Waals surface area contributed by atoms with E-state index in [1.807, 2.05) is 13.8 Å². The first-order chi connectivity index (χ1) is 14.5. The SMILES string of the molecule is CC(C)=NNC(=O)c1c(NC(=O)c2ccc3c(c2)OCCO3)sc2c1CCCCC2. The first-order valence-corrected chi connectivity index (χ1v) is 11.0. The van der Waals surface area contributed by atoms with Gasteiger partial charge in [-0.15, -0.1) is 11.3 Å². The molecule has 0 unspecified atom stereocenters. The average Bonchev–Trinajstić information content (AvgIpc) is 2.91. The highest BCUT2D eigenvalue weighted by molar-refractivity contribution is 7.17. The summed E-state index contributed by atoms with van der Waals surface area (Å²) in [6, 6.07) is 5.11. The topological polar surface area (TPSA) is 89.0 Å². The van der Waals surface area contributed by atoms with Gasteiger partial charge in [0.2, 0.25) is 0 Å². The number of hydrazone groups is 1. The molecule has 8 heteroatoms. The van der Waals surface area contributed by atoms with Crippen LogP contribution in [0.15, 0.2) is 23.3 Å². The minimum atomic E-state index is -0.285. The molecule has 0 bridgehead atoms. The van der Waals surface area contributed by atoms with Crippen LogP contribution in [-0.2, 0) is 12.8 Å². The van der Waals surface area contributed by atoms with Gasteiger partial charge < -0.3 is 14.8 Å². The average molecular weight is 428 g/mol. The van der Waals surface area contributed by atoms with Crippen molar-refractivity contribution in [2.24, 2.45) is 5.10 Å². The molecule has 2 heterocycles. The maximum atomic E-state index is 13.0. The number of carbonyl (C=O) groups excluding carboxylic acids is 2. The molecule has 0 radical (unpaired) electrons. The number of benzene rings is 1. The van der Waals surface area contributed by atoms with Gasteiger partial charge in [0.15, 0.2) is 11.5 Å². The molecule has 158 valence electrons. The van der Waals surface area contributed by atoms with E-state index in [0.29, 0.717) is 40.8 Å². The largest absolute Gasteiger partial charge is 0.486 e. The van der Waals surface area contributed by atoms with Gasteiger partial charge in [-0.25, -0.2) is 5.43 Å². The van der Waals surface area contributed by atoms with E-state index >= 15 is 0 Å². The number of amides is 2. The number of anilines is 1. The lowest BCUT2D eigenvalue weighted by atomic mass is 10.0. The number of thiophene rings is 1. The highest BCUT2D eigenvalue weighted by atomic mass is 32.1. The van der Waals surface area contributed by atoms with Crippen LogP contribution < -0.4 is 20.2 Å². The molecule has 2 aliphatic rings. The number of carbonyl (C=O) groups is 2. The van der Waals surface area contributed by atoms with Gasteiger partial charge in [-0.3, -0.25) is 9.59 Å². The van der Waals surface area contributed by atoms with Crippen LogP contribution in [0.1, 0.15) is 64.3 Å². The molecule has 30 heavy (non-hydrogen) atoms. The van der Waals surface area contributed by atoms with Crippen molar-refractivity contribution in [3.8, 4) is 11.5 Å². The van der Waals surface area contributed by atoms with E-state index in [4.69, 9.17) is 9.47 Å². The molecule has 7 nitrogen and oxygen atoms in total. The van der Waals surface area contributed by atoms with Crippen molar-refractivity contribution in [3.05, 3.63) is 39.8 Å². The van der Waals surface area contributed by atoms with Crippen LogP contribution in [0.4, 0.5) is 5.00 Å². The van der Waals surface area contributed by atoms with E-state index in [9.17, 15) is 9.59 Å². The number of aryl methyl sites for hydroxylation is 1. The Morgan fingerprint density at radius 2 is 1.77 bits per heavy atom. The molecule has 2 amide bonds. The van der Waals surface area contributed by atoms with Crippen LogP contribution in [0.3, 0.4) is 0 Å². The fourth-order valence-electron chi connectivity index (χ4n) is 3.65. The molecule has 0 saturated heterocycles. The zero-order valence-electron chi connectivity index (χ0n) is 17.2. The predicted molar refractivity (Wildman–Crippen MR) is 117 cm³/mol. The summed E-state index contributed by atoms with van der Waals surface area (Å²) in [4.78, 5) is 27.1. The summed E-state index contributed by atoms with van der Waals surface area (Å²) in [6.45, 7) is 4.59. The summed E-state index contributed by atoms with van der Waals surface area (Å²) < 4.78 is 11.1. The van der Waals surface area contributed by atoms with Crippen molar-refractivity contribution in [1.29, 1.82) is 0 Å². The monoisotopic (exact) mass is 427 g/mol. The maximum absolute atomic E-state index is 13.0. The number of hydrogen-bond acceptors (Lipinski definition) is 6. The summed E-state index contributed by atoms with van der Waals surface area (Å²) in [6.07, 6.45) is 5.04. The Morgan fingerprint density at radius 3 is 2.57 bits per heavy atom. The molecule has 0 atom stereocenters. The second-order valence-corrected chi connectivity index (χ2v) is 8.69. The van der Waals surface area contributed by atoms with E-state index in [1.54, 1.807) is 18.2 Å². The molecule has 0 saturated carbocycles. The lowest BCUT2D eigenvalue weighted by Gasteiger charge is -2.18. The van der Waals surface area contributed by atoms with E-state index in [-0.39, 0.29) is 11.8 Å². The maximum Gasteiger partial charge on any atom is 0.274 e. The summed E-state index contributed by atoms with van der Waals surface area (Å²) in [5.41, 5.74) is 5.40. The molecule has 1 aliphatic heterocycles. The van der Waals surface area contributed by atoms with Crippen molar-refractivity contribution < 1.29 is 19.1 Å². The molecular weight excluding hydrogens is 402 g/mol. The standard InChI is InChI=1S/C22H25N3O4S/c1-13(2)24-25-21(27)19-15-6-4-3-5-7-18(15)30-22(19)23-20(26)14-8-9-16-17(12-14)29-11-10-28-16/h8-9,12H,3-7,10-11H2,1-2H3,(H,23,26)(H,25,27). The number of hydrogen-bond donors (Lipinski definition) is 2. The normalized spacial score (nSPS) is 14.9. The Bertz CT molecular complexity index is 1010. The third-order valence-corrected chi connectivity index (χ3v) is 6.27. The lowest BCUT2D eigenvalue weighted by Crippen LogP contribution is -2.22. The number of fused-ring (bicyclic) bond motifs is 2. The smallest absolute Gasteiger partial charge is 0.274 e. The Kier molecular flexibility index (Phi) is 6.03. The predicted octanol–water partition coefficient (Wildman–Crippen LogP) is 4.17. The van der Waals surface area contributed by atoms with Gasteiger partial charge in [0.05, 0.1) is 5.56 Å². The molecule has 2 aromatic rings. The van der Waals surface area contributed by atoms with Crippen LogP contribution in [0, 0.1) is 0 Å². The molecule has 2 N–H and O–H groups in total. The Balaban J connectivity index is 1.63. The fourth-order valence-corrected chi connectivity index (χ4v) is 4.93. The molecule has 0 spiro atoms. The van der Waals surface area contributed by atoms with Gasteiger partial charge in [-0.05, 0) is 63.3 Å². The van der Waals surface area contributed by atoms with Gasteiger partial charge in [0, 0.05) is 16.2 Å². The second-order valence-electron chi connectivity index (χ2n) is 7.58. The summed E-state index contributed by atoms with van der Waals surface area (Å²) in [5.74, 6) is 0.621. The van der Waals surface area contributed by atoms with Crippen LogP contribution in [0.25, 0.3) is 0 Å². The fraction of sp³-hybridized carbons (Fsp3) is 0.409. The zero-order chi connectivity index (χ0) is 21.1. The van der Waals surface area contributed by atoms with E-state index in [1.165, 1.54) is 16.2 Å². The highest BCUT2D eigenvalue weighted by Gasteiger charge is 2.26. The van der Waals surface area contributed by atoms with Gasteiger partial charge in [0.1, 0.15) is 18.2 Å². The minimum absolute atomic E-state index is 0.284. The zero-order valence-corrected chi connectivity index (χ0v) is 18.0. The van der Waals surface area contributed by atoms with Crippen molar-refractivity contribution in [1.82, 2.24) is 5.43 Å². The van der Waals surface area contributed by atoms with Gasteiger partial charge in [0.25, 0.3) is 11.8 Å². The summed E-state index contributed by atoms with van der Waals surface area (Å²) >= 11 is 1.49. The van der Waals surface area contributed by atoms with Gasteiger partial charge in [-0.1, -0.05) is 6.42 Å². The molecule has 1 aromatic carbocycles. The van der Waals surface area contributed by atoms with Gasteiger partial charge >= 0.3 is 0 Å². The van der Waals surface area contributed by atoms with E-state index < -0.39 is 0 Å². The van der Waals surface area contributed by atoms with Gasteiger partial charge in [-0.2, -0.15) is 5.10 Å². The molecular formula is C22H25N3O4S. The van der Waals surface area contributed by atoms with Crippen molar-refractivity contribution in [3.63, 3.8) is 0 Å². The first kappa shape index (κ1) is 20.4. The van der Waals surface area contributed by atoms with E-state index in [2.05, 4.69) is 15.8 Å². The number of nitrogens with zero attached hydrogens (tertiary/aromatic N) is 1. The second kappa shape index (κ2) is 8.87. The number of ether oxygens (including phenoxy) is 2. The quantitative estimate of drug-likeness (QED) is 0.435. The van der Waals surface area contributed by atoms with E-state index in [0.717, 1.165) is 43.4 Å². The van der Waals surface area contributed by atoms with Crippen molar-refractivity contribution in [2.75, 3.05) is 18.5 Å². The summed E-state index contributed by atoms with van der Waals surface area (Å²) in [7, 11) is 0. The van der Waals surface area contributed by atoms with Crippen LogP contribution in [0.5, 0.6) is 11.5 Å². The minimum Gasteiger partial charge on any atom is -0.486 e. The third-order valence-electron chi connectivity index (χ3n) is 5.06.